The lowest BCUT2D eigenvalue weighted by Crippen LogP contribution is -2.42. The van der Waals surface area contributed by atoms with Crippen molar-refractivity contribution in [3.63, 3.8) is 0 Å². The van der Waals surface area contributed by atoms with Crippen molar-refractivity contribution >= 4 is 11.7 Å². The number of alkyl halides is 3. The van der Waals surface area contributed by atoms with Crippen molar-refractivity contribution < 1.29 is 27.3 Å². The first-order valence-electron chi connectivity index (χ1n) is 8.62. The Morgan fingerprint density at radius 2 is 2.00 bits per heavy atom. The summed E-state index contributed by atoms with van der Waals surface area (Å²) in [4.78, 5) is 27.0. The number of rotatable bonds is 3. The molecule has 1 atom stereocenters. The van der Waals surface area contributed by atoms with Gasteiger partial charge >= 0.3 is 6.18 Å². The third-order valence-corrected chi connectivity index (χ3v) is 4.80. The van der Waals surface area contributed by atoms with Gasteiger partial charge in [0.05, 0.1) is 11.3 Å². The van der Waals surface area contributed by atoms with Crippen molar-refractivity contribution in [1.29, 1.82) is 0 Å². The highest BCUT2D eigenvalue weighted by Crippen LogP contribution is 2.31. The zero-order valence-corrected chi connectivity index (χ0v) is 15.0. The van der Waals surface area contributed by atoms with E-state index in [0.29, 0.717) is 36.4 Å². The summed E-state index contributed by atoms with van der Waals surface area (Å²) in [6, 6.07) is 4.42. The van der Waals surface area contributed by atoms with Crippen LogP contribution in [0.4, 0.5) is 13.2 Å². The third kappa shape index (κ3) is 3.89. The first-order chi connectivity index (χ1) is 12.7. The molecule has 1 aliphatic rings. The van der Waals surface area contributed by atoms with Gasteiger partial charge < -0.3 is 9.42 Å². The number of halogens is 3. The molecule has 1 aliphatic heterocycles. The number of aromatic nitrogens is 1. The fourth-order valence-electron chi connectivity index (χ4n) is 3.41. The van der Waals surface area contributed by atoms with Gasteiger partial charge in [-0.25, -0.2) is 0 Å². The second kappa shape index (κ2) is 7.17. The lowest BCUT2D eigenvalue weighted by Gasteiger charge is -2.32. The SMILES string of the molecule is Cc1noc(C)c1C(=O)N1CCCC(C(=O)c2cccc(C(F)(F)F)c2)C1. The summed E-state index contributed by atoms with van der Waals surface area (Å²) in [6.45, 7) is 3.95. The molecule has 1 aromatic carbocycles. The summed E-state index contributed by atoms with van der Waals surface area (Å²) in [5.41, 5.74) is 0.0141. The molecule has 0 bridgehead atoms. The van der Waals surface area contributed by atoms with E-state index in [-0.39, 0.29) is 23.8 Å². The van der Waals surface area contributed by atoms with Crippen LogP contribution >= 0.6 is 0 Å². The highest BCUT2D eigenvalue weighted by molar-refractivity contribution is 6.00. The van der Waals surface area contributed by atoms with Crippen molar-refractivity contribution in [1.82, 2.24) is 10.1 Å². The first-order valence-corrected chi connectivity index (χ1v) is 8.62. The zero-order chi connectivity index (χ0) is 19.8. The molecule has 1 fully saturated rings. The monoisotopic (exact) mass is 380 g/mol. The molecular weight excluding hydrogens is 361 g/mol. The molecule has 0 N–H and O–H groups in total. The van der Waals surface area contributed by atoms with E-state index in [1.807, 2.05) is 0 Å². The number of hydrogen-bond donors (Lipinski definition) is 0. The van der Waals surface area contributed by atoms with Gasteiger partial charge in [0.15, 0.2) is 5.78 Å². The number of Topliss-reactive ketones (excluding diaryl/α,β-unsaturated/α-hetero) is 1. The number of carbonyl (C=O) groups excluding carboxylic acids is 2. The fraction of sp³-hybridized carbons (Fsp3) is 0.421. The normalized spacial score (nSPS) is 17.8. The Labute approximate surface area is 154 Å². The largest absolute Gasteiger partial charge is 0.416 e. The van der Waals surface area contributed by atoms with Crippen LogP contribution in [0.5, 0.6) is 0 Å². The predicted octanol–water partition coefficient (Wildman–Crippen LogP) is 4.05. The van der Waals surface area contributed by atoms with E-state index in [0.717, 1.165) is 12.1 Å². The Balaban J connectivity index is 1.78. The van der Waals surface area contributed by atoms with Crippen LogP contribution < -0.4 is 0 Å². The van der Waals surface area contributed by atoms with E-state index < -0.39 is 17.7 Å². The number of carbonyl (C=O) groups is 2. The topological polar surface area (TPSA) is 63.4 Å². The van der Waals surface area contributed by atoms with Gasteiger partial charge in [0.2, 0.25) is 0 Å². The summed E-state index contributed by atoms with van der Waals surface area (Å²) in [7, 11) is 0. The second-order valence-electron chi connectivity index (χ2n) is 6.73. The van der Waals surface area contributed by atoms with Gasteiger partial charge in [0.25, 0.3) is 5.91 Å². The van der Waals surface area contributed by atoms with Crippen molar-refractivity contribution in [2.24, 2.45) is 5.92 Å². The van der Waals surface area contributed by atoms with E-state index in [2.05, 4.69) is 5.16 Å². The smallest absolute Gasteiger partial charge is 0.361 e. The van der Waals surface area contributed by atoms with Crippen LogP contribution in [0.2, 0.25) is 0 Å². The van der Waals surface area contributed by atoms with Crippen LogP contribution in [0.1, 0.15) is 50.6 Å². The Morgan fingerprint density at radius 1 is 1.26 bits per heavy atom. The number of benzene rings is 1. The van der Waals surface area contributed by atoms with Crippen molar-refractivity contribution in [3.8, 4) is 0 Å². The van der Waals surface area contributed by atoms with Gasteiger partial charge in [-0.05, 0) is 38.8 Å². The molecule has 5 nitrogen and oxygen atoms in total. The van der Waals surface area contributed by atoms with Crippen LogP contribution in [-0.4, -0.2) is 34.8 Å². The average Bonchev–Trinajstić information content (AvgIpc) is 2.98. The summed E-state index contributed by atoms with van der Waals surface area (Å²) in [5.74, 6) is -0.777. The van der Waals surface area contributed by atoms with Gasteiger partial charge in [-0.1, -0.05) is 17.3 Å². The maximum absolute atomic E-state index is 12.9. The minimum Gasteiger partial charge on any atom is -0.361 e. The third-order valence-electron chi connectivity index (χ3n) is 4.80. The van der Waals surface area contributed by atoms with E-state index in [4.69, 9.17) is 4.52 Å². The molecule has 0 radical (unpaired) electrons. The zero-order valence-electron chi connectivity index (χ0n) is 15.0. The number of aryl methyl sites for hydroxylation is 2. The number of piperidine rings is 1. The van der Waals surface area contributed by atoms with Gasteiger partial charge in [0, 0.05) is 24.6 Å². The van der Waals surface area contributed by atoms with E-state index in [9.17, 15) is 22.8 Å². The number of nitrogens with zero attached hydrogens (tertiary/aromatic N) is 2. The number of amides is 1. The van der Waals surface area contributed by atoms with Crippen LogP contribution in [0, 0.1) is 19.8 Å². The molecule has 27 heavy (non-hydrogen) atoms. The Kier molecular flexibility index (Phi) is 5.08. The van der Waals surface area contributed by atoms with Crippen molar-refractivity contribution in [3.05, 3.63) is 52.4 Å². The van der Waals surface area contributed by atoms with Crippen LogP contribution in [0.15, 0.2) is 28.8 Å². The summed E-state index contributed by atoms with van der Waals surface area (Å²) in [6.07, 6.45) is -3.38. The van der Waals surface area contributed by atoms with Gasteiger partial charge in [0.1, 0.15) is 11.3 Å². The Morgan fingerprint density at radius 3 is 2.63 bits per heavy atom. The van der Waals surface area contributed by atoms with Gasteiger partial charge in [-0.2, -0.15) is 13.2 Å². The summed E-state index contributed by atoms with van der Waals surface area (Å²) < 4.78 is 43.7. The van der Waals surface area contributed by atoms with Crippen molar-refractivity contribution in [2.75, 3.05) is 13.1 Å². The molecule has 144 valence electrons. The minimum absolute atomic E-state index is 0.0152. The first kappa shape index (κ1) is 19.1. The minimum atomic E-state index is -4.51. The molecule has 1 amide bonds. The van der Waals surface area contributed by atoms with E-state index >= 15 is 0 Å². The highest BCUT2D eigenvalue weighted by Gasteiger charge is 2.34. The van der Waals surface area contributed by atoms with Crippen LogP contribution in [-0.2, 0) is 6.18 Å². The molecule has 1 unspecified atom stereocenters. The lowest BCUT2D eigenvalue weighted by molar-refractivity contribution is -0.137. The molecule has 2 heterocycles. The second-order valence-corrected chi connectivity index (χ2v) is 6.73. The molecule has 1 saturated heterocycles. The molecule has 2 aromatic rings. The molecular formula is C19H19F3N2O3. The lowest BCUT2D eigenvalue weighted by atomic mass is 9.89. The molecule has 3 rings (SSSR count). The maximum atomic E-state index is 12.9. The number of hydrogen-bond acceptors (Lipinski definition) is 4. The average molecular weight is 380 g/mol. The van der Waals surface area contributed by atoms with Crippen LogP contribution in [0.25, 0.3) is 0 Å². The summed E-state index contributed by atoms with van der Waals surface area (Å²) >= 11 is 0. The van der Waals surface area contributed by atoms with E-state index in [1.54, 1.807) is 18.7 Å². The fourth-order valence-corrected chi connectivity index (χ4v) is 3.41. The molecule has 0 aliphatic carbocycles. The molecule has 8 heteroatoms. The quantitative estimate of drug-likeness (QED) is 0.754. The number of likely N-dealkylation sites (tertiary alicyclic amines) is 1. The van der Waals surface area contributed by atoms with E-state index in [1.165, 1.54) is 12.1 Å². The number of ketones is 1. The standard InChI is InChI=1S/C19H19F3N2O3/c1-11-16(12(2)27-23-11)18(26)24-8-4-6-14(10-24)17(25)13-5-3-7-15(9-13)19(20,21)22/h3,5,7,9,14H,4,6,8,10H2,1-2H3. The maximum Gasteiger partial charge on any atom is 0.416 e. The van der Waals surface area contributed by atoms with Gasteiger partial charge in [-0.15, -0.1) is 0 Å². The van der Waals surface area contributed by atoms with Crippen LogP contribution in [0.3, 0.4) is 0 Å². The summed E-state index contributed by atoms with van der Waals surface area (Å²) in [5, 5.41) is 3.77. The Hall–Kier alpha value is -2.64. The molecule has 0 spiro atoms. The van der Waals surface area contributed by atoms with Gasteiger partial charge in [-0.3, -0.25) is 9.59 Å². The molecule has 1 aromatic heterocycles. The Bertz CT molecular complexity index is 854. The molecule has 0 saturated carbocycles. The highest BCUT2D eigenvalue weighted by atomic mass is 19.4. The van der Waals surface area contributed by atoms with Crippen molar-refractivity contribution in [2.45, 2.75) is 32.9 Å². The predicted molar refractivity (Wildman–Crippen MR) is 90.4 cm³/mol.